The fourth-order valence-electron chi connectivity index (χ4n) is 3.25. The number of esters is 1. The van der Waals surface area contributed by atoms with E-state index in [9.17, 15) is 4.79 Å². The van der Waals surface area contributed by atoms with Gasteiger partial charge in [-0.05, 0) is 26.3 Å². The molecule has 1 saturated carbocycles. The van der Waals surface area contributed by atoms with Crippen molar-refractivity contribution in [2.75, 3.05) is 27.2 Å². The van der Waals surface area contributed by atoms with Gasteiger partial charge in [-0.3, -0.25) is 9.69 Å². The van der Waals surface area contributed by atoms with Crippen molar-refractivity contribution >= 4 is 5.97 Å². The highest BCUT2D eigenvalue weighted by atomic mass is 16.5. The van der Waals surface area contributed by atoms with Crippen LogP contribution < -0.4 is 5.32 Å². The quantitative estimate of drug-likeness (QED) is 0.748. The fourth-order valence-corrected chi connectivity index (χ4v) is 3.25. The summed E-state index contributed by atoms with van der Waals surface area (Å²) in [5.41, 5.74) is 0. The van der Waals surface area contributed by atoms with Crippen LogP contribution in [0.25, 0.3) is 0 Å². The molecule has 2 unspecified atom stereocenters. The number of likely N-dealkylation sites (N-methyl/N-ethyl adjacent to an activating group) is 1. The Morgan fingerprint density at radius 2 is 2.00 bits per heavy atom. The normalized spacial score (nSPS) is 31.6. The van der Waals surface area contributed by atoms with Gasteiger partial charge in [0, 0.05) is 25.2 Å². The molecule has 1 aliphatic heterocycles. The van der Waals surface area contributed by atoms with Crippen LogP contribution in [-0.4, -0.2) is 50.2 Å². The molecule has 98 valence electrons. The van der Waals surface area contributed by atoms with E-state index in [0.717, 1.165) is 19.5 Å². The highest BCUT2D eigenvalue weighted by Gasteiger charge is 2.35. The summed E-state index contributed by atoms with van der Waals surface area (Å²) < 4.78 is 4.90. The molecule has 17 heavy (non-hydrogen) atoms. The monoisotopic (exact) mass is 240 g/mol. The minimum absolute atomic E-state index is 0.0480. The Hall–Kier alpha value is -0.610. The summed E-state index contributed by atoms with van der Waals surface area (Å²) in [6.45, 7) is 1.96. The zero-order valence-corrected chi connectivity index (χ0v) is 10.9. The Bertz CT molecular complexity index is 264. The molecule has 0 aromatic rings. The van der Waals surface area contributed by atoms with Crippen LogP contribution in [-0.2, 0) is 9.53 Å². The van der Waals surface area contributed by atoms with Gasteiger partial charge >= 0.3 is 5.97 Å². The first-order valence-corrected chi connectivity index (χ1v) is 6.73. The van der Waals surface area contributed by atoms with Crippen LogP contribution in [0, 0.1) is 5.92 Å². The maximum absolute atomic E-state index is 11.7. The van der Waals surface area contributed by atoms with Crippen molar-refractivity contribution in [2.45, 2.75) is 44.2 Å². The lowest BCUT2D eigenvalue weighted by molar-refractivity contribution is -0.148. The second-order valence-corrected chi connectivity index (χ2v) is 5.33. The average Bonchev–Trinajstić information content (AvgIpc) is 2.91. The summed E-state index contributed by atoms with van der Waals surface area (Å²) in [5, 5.41) is 3.32. The van der Waals surface area contributed by atoms with Gasteiger partial charge in [-0.15, -0.1) is 0 Å². The third-order valence-corrected chi connectivity index (χ3v) is 4.26. The van der Waals surface area contributed by atoms with Crippen LogP contribution >= 0.6 is 0 Å². The Labute approximate surface area is 104 Å². The van der Waals surface area contributed by atoms with Gasteiger partial charge in [0.1, 0.15) is 0 Å². The van der Waals surface area contributed by atoms with Crippen LogP contribution in [0.15, 0.2) is 0 Å². The lowest BCUT2D eigenvalue weighted by Crippen LogP contribution is -2.53. The Morgan fingerprint density at radius 1 is 1.29 bits per heavy atom. The number of carbonyl (C=O) groups is 1. The van der Waals surface area contributed by atoms with Gasteiger partial charge in [-0.2, -0.15) is 0 Å². The van der Waals surface area contributed by atoms with Gasteiger partial charge < -0.3 is 10.1 Å². The van der Waals surface area contributed by atoms with Crippen LogP contribution in [0.3, 0.4) is 0 Å². The first-order chi connectivity index (χ1) is 8.24. The molecular weight excluding hydrogens is 216 g/mol. The summed E-state index contributed by atoms with van der Waals surface area (Å²) in [7, 11) is 3.47. The van der Waals surface area contributed by atoms with E-state index in [1.165, 1.54) is 32.8 Å². The number of methoxy groups -OCH3 is 1. The maximum Gasteiger partial charge on any atom is 0.310 e. The van der Waals surface area contributed by atoms with E-state index in [0.29, 0.717) is 12.1 Å². The molecule has 0 aromatic carbocycles. The molecule has 0 radical (unpaired) electrons. The highest BCUT2D eigenvalue weighted by Crippen LogP contribution is 2.28. The van der Waals surface area contributed by atoms with Gasteiger partial charge in [0.25, 0.3) is 0 Å². The number of nitrogens with zero attached hydrogens (tertiary/aromatic N) is 1. The number of rotatable bonds is 3. The minimum atomic E-state index is -0.0482. The van der Waals surface area contributed by atoms with E-state index in [1.54, 1.807) is 0 Å². The van der Waals surface area contributed by atoms with Crippen LogP contribution in [0.5, 0.6) is 0 Å². The average molecular weight is 240 g/mol. The molecule has 4 heteroatoms. The molecule has 4 nitrogen and oxygen atoms in total. The third-order valence-electron chi connectivity index (χ3n) is 4.26. The summed E-state index contributed by atoms with van der Waals surface area (Å²) in [5.74, 6) is -0.000234. The summed E-state index contributed by atoms with van der Waals surface area (Å²) in [6, 6.07) is 1.12. The van der Waals surface area contributed by atoms with Gasteiger partial charge in [0.15, 0.2) is 0 Å². The molecule has 1 N–H and O–H groups in total. The molecule has 2 rings (SSSR count). The van der Waals surface area contributed by atoms with Gasteiger partial charge in [0.05, 0.1) is 13.0 Å². The summed E-state index contributed by atoms with van der Waals surface area (Å²) in [6.07, 6.45) is 6.18. The van der Waals surface area contributed by atoms with Crippen LogP contribution in [0.4, 0.5) is 0 Å². The zero-order valence-electron chi connectivity index (χ0n) is 10.9. The Morgan fingerprint density at radius 3 is 2.59 bits per heavy atom. The number of nitrogens with one attached hydrogen (secondary N) is 1. The lowest BCUT2D eigenvalue weighted by Gasteiger charge is -2.39. The molecular formula is C13H24N2O2. The van der Waals surface area contributed by atoms with E-state index in [4.69, 9.17) is 4.74 Å². The van der Waals surface area contributed by atoms with E-state index in [-0.39, 0.29) is 11.9 Å². The van der Waals surface area contributed by atoms with Crippen molar-refractivity contribution in [3.63, 3.8) is 0 Å². The topological polar surface area (TPSA) is 41.6 Å². The predicted molar refractivity (Wildman–Crippen MR) is 66.8 cm³/mol. The molecule has 0 spiro atoms. The molecule has 1 aliphatic carbocycles. The van der Waals surface area contributed by atoms with E-state index in [1.807, 2.05) is 7.05 Å². The Balaban J connectivity index is 1.98. The first kappa shape index (κ1) is 12.8. The van der Waals surface area contributed by atoms with Crippen molar-refractivity contribution in [3.05, 3.63) is 0 Å². The number of ether oxygens (including phenoxy) is 1. The first-order valence-electron chi connectivity index (χ1n) is 6.73. The van der Waals surface area contributed by atoms with E-state index in [2.05, 4.69) is 10.2 Å². The van der Waals surface area contributed by atoms with Crippen LogP contribution in [0.1, 0.15) is 32.1 Å². The maximum atomic E-state index is 11.7. The second-order valence-electron chi connectivity index (χ2n) is 5.33. The van der Waals surface area contributed by atoms with Gasteiger partial charge in [-0.25, -0.2) is 0 Å². The lowest BCUT2D eigenvalue weighted by atomic mass is 9.93. The zero-order chi connectivity index (χ0) is 12.3. The largest absolute Gasteiger partial charge is 0.469 e. The van der Waals surface area contributed by atoms with E-state index < -0.39 is 0 Å². The molecule has 1 heterocycles. The van der Waals surface area contributed by atoms with Crippen molar-refractivity contribution in [1.29, 1.82) is 0 Å². The number of piperidine rings is 1. The molecule has 0 aromatic heterocycles. The standard InChI is InChI=1S/C13H24N2O2/c1-14-11-7-10(13(16)17-2)8-15(9-11)12-5-3-4-6-12/h10-12,14H,3-9H2,1-2H3. The number of hydrogen-bond acceptors (Lipinski definition) is 4. The third kappa shape index (κ3) is 2.99. The molecule has 2 fully saturated rings. The molecule has 0 bridgehead atoms. The number of hydrogen-bond donors (Lipinski definition) is 1. The van der Waals surface area contributed by atoms with Crippen LogP contribution in [0.2, 0.25) is 0 Å². The predicted octanol–water partition coefficient (Wildman–Crippen LogP) is 1.01. The summed E-state index contributed by atoms with van der Waals surface area (Å²) >= 11 is 0. The van der Waals surface area contributed by atoms with Gasteiger partial charge in [-0.1, -0.05) is 12.8 Å². The van der Waals surface area contributed by atoms with Crippen molar-refractivity contribution in [2.24, 2.45) is 5.92 Å². The SMILES string of the molecule is CNC1CC(C(=O)OC)CN(C2CCCC2)C1. The summed E-state index contributed by atoms with van der Waals surface area (Å²) in [4.78, 5) is 14.2. The fraction of sp³-hybridized carbons (Fsp3) is 0.923. The van der Waals surface area contributed by atoms with Crippen molar-refractivity contribution < 1.29 is 9.53 Å². The molecule has 1 saturated heterocycles. The Kier molecular flexibility index (Phi) is 4.40. The molecule has 2 aliphatic rings. The minimum Gasteiger partial charge on any atom is -0.469 e. The smallest absolute Gasteiger partial charge is 0.310 e. The van der Waals surface area contributed by atoms with Gasteiger partial charge in [0.2, 0.25) is 0 Å². The molecule has 2 atom stereocenters. The van der Waals surface area contributed by atoms with Crippen molar-refractivity contribution in [3.8, 4) is 0 Å². The number of carbonyl (C=O) groups excluding carboxylic acids is 1. The highest BCUT2D eigenvalue weighted by molar-refractivity contribution is 5.72. The van der Waals surface area contributed by atoms with Crippen molar-refractivity contribution in [1.82, 2.24) is 10.2 Å². The molecule has 0 amide bonds. The number of likely N-dealkylation sites (tertiary alicyclic amines) is 1. The second kappa shape index (κ2) is 5.83. The van der Waals surface area contributed by atoms with E-state index >= 15 is 0 Å².